The van der Waals surface area contributed by atoms with Crippen molar-refractivity contribution in [3.05, 3.63) is 0 Å². The van der Waals surface area contributed by atoms with Crippen molar-refractivity contribution in [3.8, 4) is 0 Å². The van der Waals surface area contributed by atoms with Gasteiger partial charge < -0.3 is 4.74 Å². The molecule has 13 heteroatoms. The van der Waals surface area contributed by atoms with Crippen LogP contribution in [0.3, 0.4) is 0 Å². The molecule has 4 aliphatic carbocycles. The van der Waals surface area contributed by atoms with Crippen LogP contribution in [0, 0.1) is 29.6 Å². The molecule has 0 aromatic carbocycles. The smallest absolute Gasteiger partial charge is 0.438 e. The molecule has 4 fully saturated rings. The van der Waals surface area contributed by atoms with Crippen molar-refractivity contribution < 1.29 is 53.6 Å². The predicted molar refractivity (Wildman–Crippen MR) is 78.3 cm³/mol. The van der Waals surface area contributed by atoms with Crippen LogP contribution in [0.2, 0.25) is 0 Å². The Balaban J connectivity index is 1.97. The van der Waals surface area contributed by atoms with E-state index in [0.29, 0.717) is 12.8 Å². The summed E-state index contributed by atoms with van der Waals surface area (Å²) < 4.78 is 114. The molecule has 0 heterocycles. The molecule has 28 heavy (non-hydrogen) atoms. The maximum absolute atomic E-state index is 13.3. The largest absolute Gasteiger partial charge is 0.438 e. The highest BCUT2D eigenvalue weighted by Gasteiger charge is 2.76. The molecule has 4 rings (SSSR count). The fraction of sp³-hybridized carbons (Fsp3) is 0.867. The standard InChI is InChI=1S/C15H16F6O6S/c16-14(17,18)13(15(19,20)21,5-28(24,25)26)27-12(23)10-7-1-6-2-8(4-7)11(22)9(10)3-6/h6-10H,1-5H2,(H,24,25,26). The van der Waals surface area contributed by atoms with E-state index in [2.05, 4.69) is 4.74 Å². The number of halogens is 6. The zero-order chi connectivity index (χ0) is 21.3. The van der Waals surface area contributed by atoms with Crippen LogP contribution in [0.15, 0.2) is 0 Å². The van der Waals surface area contributed by atoms with E-state index in [0.717, 1.165) is 0 Å². The molecule has 6 nitrogen and oxygen atoms in total. The van der Waals surface area contributed by atoms with Crippen molar-refractivity contribution in [3.63, 3.8) is 0 Å². The van der Waals surface area contributed by atoms with Crippen molar-refractivity contribution in [1.29, 1.82) is 0 Å². The van der Waals surface area contributed by atoms with Crippen LogP contribution in [0.1, 0.15) is 25.7 Å². The van der Waals surface area contributed by atoms with Gasteiger partial charge in [0.15, 0.2) is 0 Å². The second-order valence-corrected chi connectivity index (χ2v) is 9.22. The van der Waals surface area contributed by atoms with E-state index in [1.807, 2.05) is 0 Å². The lowest BCUT2D eigenvalue weighted by atomic mass is 9.51. The average Bonchev–Trinajstić information content (AvgIpc) is 2.47. The quantitative estimate of drug-likeness (QED) is 0.412. The van der Waals surface area contributed by atoms with Crippen molar-refractivity contribution in [2.75, 3.05) is 5.75 Å². The molecule has 4 saturated carbocycles. The van der Waals surface area contributed by atoms with Gasteiger partial charge >= 0.3 is 23.9 Å². The molecule has 4 aliphatic rings. The van der Waals surface area contributed by atoms with Crippen LogP contribution in [-0.4, -0.2) is 48.4 Å². The topological polar surface area (TPSA) is 97.7 Å². The Bertz CT molecular complexity index is 774. The SMILES string of the molecule is O=C1C2CC3CC(C2)C(C(=O)OC(CS(=O)(=O)O)(C(F)(F)F)C(F)(F)F)C1C3. The minimum absolute atomic E-state index is 0.0725. The molecule has 0 spiro atoms. The first-order chi connectivity index (χ1) is 12.6. The fourth-order valence-corrected chi connectivity index (χ4v) is 5.86. The lowest BCUT2D eigenvalue weighted by Gasteiger charge is -2.52. The maximum Gasteiger partial charge on any atom is 0.438 e. The third-order valence-corrected chi connectivity index (χ3v) is 6.76. The number of carbonyl (C=O) groups excluding carboxylic acids is 2. The van der Waals surface area contributed by atoms with Crippen LogP contribution < -0.4 is 0 Å². The van der Waals surface area contributed by atoms with Gasteiger partial charge in [-0.05, 0) is 37.5 Å². The summed E-state index contributed by atoms with van der Waals surface area (Å²) in [6.07, 6.45) is -11.4. The number of Topliss-reactive ketones (excluding diaryl/α,β-unsaturated/α-hetero) is 1. The molecule has 1 N–H and O–H groups in total. The maximum atomic E-state index is 13.3. The first-order valence-electron chi connectivity index (χ1n) is 8.41. The Morgan fingerprint density at radius 3 is 2.11 bits per heavy atom. The summed E-state index contributed by atoms with van der Waals surface area (Å²) in [4.78, 5) is 24.7. The normalized spacial score (nSPS) is 33.2. The third kappa shape index (κ3) is 3.40. The van der Waals surface area contributed by atoms with Gasteiger partial charge in [-0.1, -0.05) is 0 Å². The average molecular weight is 438 g/mol. The molecule has 160 valence electrons. The van der Waals surface area contributed by atoms with Gasteiger partial charge in [0.05, 0.1) is 5.92 Å². The van der Waals surface area contributed by atoms with Gasteiger partial charge in [0.2, 0.25) is 0 Å². The number of alkyl halides is 6. The van der Waals surface area contributed by atoms with E-state index in [4.69, 9.17) is 4.55 Å². The highest BCUT2D eigenvalue weighted by Crippen LogP contribution is 2.56. The van der Waals surface area contributed by atoms with Crippen LogP contribution in [0.5, 0.6) is 0 Å². The van der Waals surface area contributed by atoms with E-state index < -0.39 is 57.5 Å². The number of carbonyl (C=O) groups is 2. The third-order valence-electron chi connectivity index (χ3n) is 5.99. The van der Waals surface area contributed by atoms with Crippen LogP contribution in [0.25, 0.3) is 0 Å². The number of ketones is 1. The van der Waals surface area contributed by atoms with Crippen LogP contribution in [0.4, 0.5) is 26.3 Å². The van der Waals surface area contributed by atoms with E-state index in [1.54, 1.807) is 0 Å². The molecule has 0 aromatic heterocycles. The zero-order valence-corrected chi connectivity index (χ0v) is 14.9. The van der Waals surface area contributed by atoms with E-state index >= 15 is 0 Å². The van der Waals surface area contributed by atoms with Crippen molar-refractivity contribution in [2.24, 2.45) is 29.6 Å². The predicted octanol–water partition coefficient (Wildman–Crippen LogP) is 2.53. The zero-order valence-electron chi connectivity index (χ0n) is 14.1. The van der Waals surface area contributed by atoms with Gasteiger partial charge in [0, 0.05) is 11.8 Å². The number of esters is 1. The fourth-order valence-electron chi connectivity index (χ4n) is 4.96. The first kappa shape index (κ1) is 21.3. The molecular formula is C15H16F6O6S. The second kappa shape index (κ2) is 6.31. The van der Waals surface area contributed by atoms with E-state index in [9.17, 15) is 44.3 Å². The van der Waals surface area contributed by atoms with Crippen molar-refractivity contribution in [1.82, 2.24) is 0 Å². The molecule has 0 saturated heterocycles. The lowest BCUT2D eigenvalue weighted by molar-refractivity contribution is -0.363. The van der Waals surface area contributed by atoms with Gasteiger partial charge in [-0.15, -0.1) is 0 Å². The van der Waals surface area contributed by atoms with Gasteiger partial charge in [-0.3, -0.25) is 14.1 Å². The molecule has 0 aromatic rings. The summed E-state index contributed by atoms with van der Waals surface area (Å²) in [5.41, 5.74) is -5.43. The summed E-state index contributed by atoms with van der Waals surface area (Å²) in [7, 11) is -5.84. The molecule has 5 atom stereocenters. The second-order valence-electron chi connectivity index (χ2n) is 7.77. The molecule has 5 unspecified atom stereocenters. The van der Waals surface area contributed by atoms with Gasteiger partial charge in [-0.25, -0.2) is 0 Å². The Labute approximate surface area is 155 Å². The van der Waals surface area contributed by atoms with Gasteiger partial charge in [0.25, 0.3) is 10.1 Å². The Morgan fingerprint density at radius 2 is 1.61 bits per heavy atom. The summed E-state index contributed by atoms with van der Waals surface area (Å²) in [5, 5.41) is 0. The molecule has 0 radical (unpaired) electrons. The number of hydrogen-bond donors (Lipinski definition) is 1. The summed E-state index contributed by atoms with van der Waals surface area (Å²) in [6, 6.07) is 0. The molecule has 4 bridgehead atoms. The van der Waals surface area contributed by atoms with E-state index in [-0.39, 0.29) is 30.5 Å². The molecular weight excluding hydrogens is 422 g/mol. The van der Waals surface area contributed by atoms with Gasteiger partial charge in [-0.2, -0.15) is 34.8 Å². The van der Waals surface area contributed by atoms with Crippen LogP contribution in [-0.2, 0) is 24.4 Å². The number of rotatable bonds is 4. The first-order valence-corrected chi connectivity index (χ1v) is 10.0. The van der Waals surface area contributed by atoms with E-state index in [1.165, 1.54) is 0 Å². The summed E-state index contributed by atoms with van der Waals surface area (Å²) in [5.74, 6) is -8.63. The monoisotopic (exact) mass is 438 g/mol. The van der Waals surface area contributed by atoms with Crippen LogP contribution >= 0.6 is 0 Å². The summed E-state index contributed by atoms with van der Waals surface area (Å²) >= 11 is 0. The van der Waals surface area contributed by atoms with Gasteiger partial charge in [0.1, 0.15) is 11.5 Å². The molecule has 0 aliphatic heterocycles. The lowest BCUT2D eigenvalue weighted by Crippen LogP contribution is -2.65. The Morgan fingerprint density at radius 1 is 1.04 bits per heavy atom. The highest BCUT2D eigenvalue weighted by atomic mass is 32.2. The van der Waals surface area contributed by atoms with Crippen molar-refractivity contribution in [2.45, 2.75) is 43.6 Å². The highest BCUT2D eigenvalue weighted by molar-refractivity contribution is 7.85. The molecule has 0 amide bonds. The summed E-state index contributed by atoms with van der Waals surface area (Å²) in [6.45, 7) is 0. The Hall–Kier alpha value is -1.37. The number of hydrogen-bond acceptors (Lipinski definition) is 5. The minimum atomic E-state index is -6.37. The minimum Gasteiger partial charge on any atom is -0.438 e. The number of ether oxygens (including phenoxy) is 1. The van der Waals surface area contributed by atoms with Crippen molar-refractivity contribution >= 4 is 21.9 Å². The Kier molecular flexibility index (Phi) is 4.81.